The summed E-state index contributed by atoms with van der Waals surface area (Å²) in [7, 11) is 1.60. The molecule has 1 N–H and O–H groups in total. The topological polar surface area (TPSA) is 86.5 Å². The number of nitrogens with one attached hydrogen (secondary N) is 1. The first-order valence-electron chi connectivity index (χ1n) is 8.22. The highest BCUT2D eigenvalue weighted by molar-refractivity contribution is 6.30. The Kier molecular flexibility index (Phi) is 5.93. The van der Waals surface area contributed by atoms with Crippen molar-refractivity contribution in [2.75, 3.05) is 7.11 Å². The molecule has 7 nitrogen and oxygen atoms in total. The average molecular weight is 388 g/mol. The van der Waals surface area contributed by atoms with Crippen molar-refractivity contribution in [2.24, 2.45) is 0 Å². The highest BCUT2D eigenvalue weighted by Gasteiger charge is 2.16. The van der Waals surface area contributed by atoms with Crippen molar-refractivity contribution in [3.05, 3.63) is 59.4 Å². The van der Waals surface area contributed by atoms with E-state index in [9.17, 15) is 4.79 Å². The second-order valence-corrected chi connectivity index (χ2v) is 6.11. The van der Waals surface area contributed by atoms with Gasteiger partial charge in [-0.3, -0.25) is 4.79 Å². The van der Waals surface area contributed by atoms with E-state index < -0.39 is 6.10 Å². The van der Waals surface area contributed by atoms with Gasteiger partial charge >= 0.3 is 0 Å². The molecule has 1 atom stereocenters. The molecule has 0 aliphatic carbocycles. The summed E-state index contributed by atoms with van der Waals surface area (Å²) in [6, 6.07) is 14.1. The van der Waals surface area contributed by atoms with Crippen LogP contribution in [0.1, 0.15) is 12.8 Å². The number of hydrogen-bond acceptors (Lipinski definition) is 6. The largest absolute Gasteiger partial charge is 0.497 e. The molecule has 1 heterocycles. The second-order valence-electron chi connectivity index (χ2n) is 5.68. The molecular formula is C19H18ClN3O4. The summed E-state index contributed by atoms with van der Waals surface area (Å²) in [5, 5.41) is 7.16. The standard InChI is InChI=1S/C19H18ClN3O4/c1-12(26-16-5-3-4-14(20)10-16)19(24)21-11-17-22-18(23-27-17)13-6-8-15(25-2)9-7-13/h3-10,12H,11H2,1-2H3,(H,21,24)/t12-/m1/s1. The van der Waals surface area contributed by atoms with Gasteiger partial charge in [0, 0.05) is 10.6 Å². The number of carbonyl (C=O) groups is 1. The van der Waals surface area contributed by atoms with Gasteiger partial charge in [-0.1, -0.05) is 22.8 Å². The van der Waals surface area contributed by atoms with E-state index in [-0.39, 0.29) is 12.5 Å². The lowest BCUT2D eigenvalue weighted by atomic mass is 10.2. The lowest BCUT2D eigenvalue weighted by Gasteiger charge is -2.14. The minimum absolute atomic E-state index is 0.102. The van der Waals surface area contributed by atoms with Crippen LogP contribution in [0.2, 0.25) is 5.02 Å². The van der Waals surface area contributed by atoms with Crippen molar-refractivity contribution >= 4 is 17.5 Å². The summed E-state index contributed by atoms with van der Waals surface area (Å²) in [4.78, 5) is 16.5. The number of amides is 1. The average Bonchev–Trinajstić information content (AvgIpc) is 3.15. The molecule has 3 rings (SSSR count). The van der Waals surface area contributed by atoms with Crippen LogP contribution >= 0.6 is 11.6 Å². The molecule has 0 bridgehead atoms. The zero-order chi connectivity index (χ0) is 19.2. The van der Waals surface area contributed by atoms with Gasteiger partial charge in [0.1, 0.15) is 11.5 Å². The molecule has 0 radical (unpaired) electrons. The molecule has 3 aromatic rings. The predicted octanol–water partition coefficient (Wildman–Crippen LogP) is 3.48. The Bertz CT molecular complexity index is 911. The summed E-state index contributed by atoms with van der Waals surface area (Å²) in [6.07, 6.45) is -0.701. The molecule has 1 aromatic heterocycles. The molecule has 0 fully saturated rings. The van der Waals surface area contributed by atoms with E-state index >= 15 is 0 Å². The third-order valence-electron chi connectivity index (χ3n) is 3.71. The van der Waals surface area contributed by atoms with Crippen LogP contribution in [0.25, 0.3) is 11.4 Å². The summed E-state index contributed by atoms with van der Waals surface area (Å²) in [5.41, 5.74) is 0.787. The van der Waals surface area contributed by atoms with Crippen LogP contribution in [-0.4, -0.2) is 29.3 Å². The molecule has 140 valence electrons. The van der Waals surface area contributed by atoms with Crippen LogP contribution in [-0.2, 0) is 11.3 Å². The van der Waals surface area contributed by atoms with Gasteiger partial charge in [0.2, 0.25) is 11.7 Å². The Hall–Kier alpha value is -3.06. The van der Waals surface area contributed by atoms with Crippen molar-refractivity contribution in [2.45, 2.75) is 19.6 Å². The number of benzene rings is 2. The normalized spacial score (nSPS) is 11.7. The predicted molar refractivity (Wildman–Crippen MR) is 99.7 cm³/mol. The SMILES string of the molecule is COc1ccc(-c2noc(CNC(=O)[C@@H](C)Oc3cccc(Cl)c3)n2)cc1. The fraction of sp³-hybridized carbons (Fsp3) is 0.211. The first-order valence-corrected chi connectivity index (χ1v) is 8.60. The van der Waals surface area contributed by atoms with Crippen molar-refractivity contribution in [1.82, 2.24) is 15.5 Å². The van der Waals surface area contributed by atoms with E-state index in [1.165, 1.54) is 0 Å². The third-order valence-corrected chi connectivity index (χ3v) is 3.94. The highest BCUT2D eigenvalue weighted by Crippen LogP contribution is 2.20. The number of halogens is 1. The first-order chi connectivity index (χ1) is 13.0. The quantitative estimate of drug-likeness (QED) is 0.667. The summed E-state index contributed by atoms with van der Waals surface area (Å²) >= 11 is 5.90. The van der Waals surface area contributed by atoms with Crippen LogP contribution in [0.15, 0.2) is 53.1 Å². The Labute approximate surface area is 161 Å². The van der Waals surface area contributed by atoms with Crippen molar-refractivity contribution < 1.29 is 18.8 Å². The first kappa shape index (κ1) is 18.7. The molecule has 0 aliphatic rings. The van der Waals surface area contributed by atoms with E-state index in [1.807, 2.05) is 24.3 Å². The Morgan fingerprint density at radius 3 is 2.70 bits per heavy atom. The zero-order valence-electron chi connectivity index (χ0n) is 14.8. The monoisotopic (exact) mass is 387 g/mol. The molecule has 8 heteroatoms. The number of hydrogen-bond donors (Lipinski definition) is 1. The van der Waals surface area contributed by atoms with Gasteiger partial charge in [-0.2, -0.15) is 4.98 Å². The molecule has 0 aliphatic heterocycles. The van der Waals surface area contributed by atoms with Gasteiger partial charge < -0.3 is 19.3 Å². The van der Waals surface area contributed by atoms with E-state index in [0.717, 1.165) is 11.3 Å². The number of methoxy groups -OCH3 is 1. The Balaban J connectivity index is 1.55. The molecule has 0 saturated carbocycles. The minimum Gasteiger partial charge on any atom is -0.497 e. The van der Waals surface area contributed by atoms with E-state index in [1.54, 1.807) is 38.3 Å². The van der Waals surface area contributed by atoms with Gasteiger partial charge in [-0.25, -0.2) is 0 Å². The van der Waals surface area contributed by atoms with Crippen LogP contribution in [0.4, 0.5) is 0 Å². The number of carbonyl (C=O) groups excluding carboxylic acids is 1. The van der Waals surface area contributed by atoms with Gasteiger partial charge in [0.25, 0.3) is 5.91 Å². The van der Waals surface area contributed by atoms with Crippen molar-refractivity contribution in [3.63, 3.8) is 0 Å². The highest BCUT2D eigenvalue weighted by atomic mass is 35.5. The molecular weight excluding hydrogens is 370 g/mol. The van der Waals surface area contributed by atoms with Crippen LogP contribution < -0.4 is 14.8 Å². The van der Waals surface area contributed by atoms with E-state index in [4.69, 9.17) is 25.6 Å². The number of rotatable bonds is 7. The lowest BCUT2D eigenvalue weighted by Crippen LogP contribution is -2.35. The second kappa shape index (κ2) is 8.55. The maximum atomic E-state index is 12.2. The fourth-order valence-electron chi connectivity index (χ4n) is 2.29. The van der Waals surface area contributed by atoms with Crippen LogP contribution in [0.5, 0.6) is 11.5 Å². The summed E-state index contributed by atoms with van der Waals surface area (Å²) in [6.45, 7) is 1.75. The zero-order valence-corrected chi connectivity index (χ0v) is 15.6. The molecule has 0 saturated heterocycles. The van der Waals surface area contributed by atoms with Crippen LogP contribution in [0, 0.1) is 0 Å². The van der Waals surface area contributed by atoms with Crippen molar-refractivity contribution in [3.8, 4) is 22.9 Å². The molecule has 0 unspecified atom stereocenters. The minimum atomic E-state index is -0.701. The molecule has 0 spiro atoms. The Morgan fingerprint density at radius 2 is 2.00 bits per heavy atom. The number of ether oxygens (including phenoxy) is 2. The molecule has 2 aromatic carbocycles. The Morgan fingerprint density at radius 1 is 1.22 bits per heavy atom. The summed E-state index contributed by atoms with van der Waals surface area (Å²) < 4.78 is 15.9. The van der Waals surface area contributed by atoms with E-state index in [0.29, 0.717) is 22.5 Å². The smallest absolute Gasteiger partial charge is 0.261 e. The van der Waals surface area contributed by atoms with Gasteiger partial charge in [0.05, 0.1) is 13.7 Å². The van der Waals surface area contributed by atoms with Gasteiger partial charge in [0.15, 0.2) is 6.10 Å². The molecule has 27 heavy (non-hydrogen) atoms. The lowest BCUT2D eigenvalue weighted by molar-refractivity contribution is -0.127. The van der Waals surface area contributed by atoms with Crippen molar-refractivity contribution in [1.29, 1.82) is 0 Å². The fourth-order valence-corrected chi connectivity index (χ4v) is 2.47. The van der Waals surface area contributed by atoms with Gasteiger partial charge in [-0.05, 0) is 49.4 Å². The molecule has 1 amide bonds. The van der Waals surface area contributed by atoms with Gasteiger partial charge in [-0.15, -0.1) is 0 Å². The maximum absolute atomic E-state index is 12.2. The van der Waals surface area contributed by atoms with Crippen LogP contribution in [0.3, 0.4) is 0 Å². The third kappa shape index (κ3) is 4.98. The summed E-state index contributed by atoms with van der Waals surface area (Å²) in [5.74, 6) is 1.68. The maximum Gasteiger partial charge on any atom is 0.261 e. The van der Waals surface area contributed by atoms with E-state index in [2.05, 4.69) is 15.5 Å². The number of nitrogens with zero attached hydrogens (tertiary/aromatic N) is 2. The number of aromatic nitrogens is 2.